The highest BCUT2D eigenvalue weighted by molar-refractivity contribution is 6.20. The minimum atomic E-state index is -1.17. The van der Waals surface area contributed by atoms with Gasteiger partial charge in [0.2, 0.25) is 0 Å². The van der Waals surface area contributed by atoms with E-state index in [1.165, 1.54) is 10.9 Å². The van der Waals surface area contributed by atoms with Crippen LogP contribution in [0.15, 0.2) is 24.4 Å². The lowest BCUT2D eigenvalue weighted by molar-refractivity contribution is 0.0993. The second-order valence-electron chi connectivity index (χ2n) is 4.38. The first-order valence-corrected chi connectivity index (χ1v) is 5.90. The summed E-state index contributed by atoms with van der Waals surface area (Å²) in [7, 11) is 1.59. The number of aryl methyl sites for hydroxylation is 2. The molecule has 0 unspecified atom stereocenters. The van der Waals surface area contributed by atoms with E-state index < -0.39 is 29.3 Å². The molecule has 21 heavy (non-hydrogen) atoms. The predicted molar refractivity (Wildman–Crippen MR) is 70.7 cm³/mol. The summed E-state index contributed by atoms with van der Waals surface area (Å²) in [4.78, 5) is 24.3. The van der Waals surface area contributed by atoms with Crippen molar-refractivity contribution in [2.75, 3.05) is 4.90 Å². The fraction of sp³-hybridized carbons (Fsp3) is 0.154. The molecule has 0 aliphatic rings. The Morgan fingerprint density at radius 2 is 2.00 bits per heavy atom. The number of nitrogens with zero attached hydrogens (tertiary/aromatic N) is 3. The molecule has 1 heterocycles. The van der Waals surface area contributed by atoms with Crippen LogP contribution in [-0.2, 0) is 7.05 Å². The third kappa shape index (κ3) is 2.73. The van der Waals surface area contributed by atoms with Crippen molar-refractivity contribution >= 4 is 17.6 Å². The highest BCUT2D eigenvalue weighted by Gasteiger charge is 2.27. The molecule has 8 heteroatoms. The zero-order chi connectivity index (χ0) is 15.7. The maximum Gasteiger partial charge on any atom is 0.326 e. The first kappa shape index (κ1) is 14.6. The summed E-state index contributed by atoms with van der Waals surface area (Å²) in [6.07, 6.45) is 1.38. The van der Waals surface area contributed by atoms with Crippen molar-refractivity contribution < 1.29 is 18.4 Å². The summed E-state index contributed by atoms with van der Waals surface area (Å²) in [5, 5.41) is 3.97. The average Bonchev–Trinajstić information content (AvgIpc) is 2.71. The first-order valence-electron chi connectivity index (χ1n) is 5.90. The summed E-state index contributed by atoms with van der Waals surface area (Å²) < 4.78 is 28.1. The van der Waals surface area contributed by atoms with E-state index in [2.05, 4.69) is 5.10 Å². The number of aromatic nitrogens is 2. The molecule has 0 aliphatic heterocycles. The lowest BCUT2D eigenvalue weighted by Crippen LogP contribution is -2.41. The van der Waals surface area contributed by atoms with Crippen LogP contribution in [0.25, 0.3) is 0 Å². The van der Waals surface area contributed by atoms with Crippen LogP contribution in [0, 0.1) is 18.6 Å². The number of primary amides is 1. The Morgan fingerprint density at radius 3 is 2.48 bits per heavy atom. The smallest absolute Gasteiger partial charge is 0.326 e. The maximum atomic E-state index is 13.8. The van der Waals surface area contributed by atoms with Gasteiger partial charge in [0.1, 0.15) is 11.6 Å². The highest BCUT2D eigenvalue weighted by atomic mass is 19.1. The molecular formula is C13H12F2N4O2. The van der Waals surface area contributed by atoms with Gasteiger partial charge in [0.15, 0.2) is 0 Å². The number of nitrogens with two attached hydrogens (primary N) is 1. The van der Waals surface area contributed by atoms with Crippen LogP contribution in [0.1, 0.15) is 16.1 Å². The first-order chi connectivity index (χ1) is 9.81. The molecular weight excluding hydrogens is 282 g/mol. The zero-order valence-electron chi connectivity index (χ0n) is 11.3. The molecule has 0 bridgehead atoms. The molecule has 6 nitrogen and oxygen atoms in total. The minimum absolute atomic E-state index is 0.0972. The Morgan fingerprint density at radius 1 is 1.33 bits per heavy atom. The van der Waals surface area contributed by atoms with E-state index in [1.807, 2.05) is 0 Å². The van der Waals surface area contributed by atoms with Gasteiger partial charge in [0.25, 0.3) is 5.91 Å². The summed E-state index contributed by atoms with van der Waals surface area (Å²) in [6, 6.07) is 1.29. The number of benzene rings is 1. The molecule has 0 fully saturated rings. The van der Waals surface area contributed by atoms with Gasteiger partial charge >= 0.3 is 6.03 Å². The average molecular weight is 294 g/mol. The molecule has 3 amide bonds. The van der Waals surface area contributed by atoms with Gasteiger partial charge in [-0.3, -0.25) is 9.48 Å². The summed E-state index contributed by atoms with van der Waals surface area (Å²) in [5.74, 6) is -2.73. The Labute approximate surface area is 118 Å². The SMILES string of the molecule is Cc1nn(C)cc1C(=O)N(C(N)=O)c1ccc(F)cc1F. The van der Waals surface area contributed by atoms with Gasteiger partial charge in [-0.2, -0.15) is 5.10 Å². The van der Waals surface area contributed by atoms with Crippen LogP contribution in [-0.4, -0.2) is 21.7 Å². The monoisotopic (exact) mass is 294 g/mol. The molecule has 2 aromatic rings. The van der Waals surface area contributed by atoms with Crippen LogP contribution in [0.5, 0.6) is 0 Å². The van der Waals surface area contributed by atoms with Crippen molar-refractivity contribution in [2.45, 2.75) is 6.92 Å². The number of halogens is 2. The fourth-order valence-corrected chi connectivity index (χ4v) is 1.92. The molecule has 0 saturated heterocycles. The van der Waals surface area contributed by atoms with Gasteiger partial charge in [-0.15, -0.1) is 0 Å². The number of anilines is 1. The van der Waals surface area contributed by atoms with Crippen molar-refractivity contribution in [1.82, 2.24) is 9.78 Å². The second kappa shape index (κ2) is 5.31. The Balaban J connectivity index is 2.51. The highest BCUT2D eigenvalue weighted by Crippen LogP contribution is 2.22. The van der Waals surface area contributed by atoms with Gasteiger partial charge in [-0.05, 0) is 19.1 Å². The van der Waals surface area contributed by atoms with Crippen LogP contribution in [0.3, 0.4) is 0 Å². The van der Waals surface area contributed by atoms with E-state index in [9.17, 15) is 18.4 Å². The van der Waals surface area contributed by atoms with Crippen molar-refractivity contribution in [3.05, 3.63) is 47.3 Å². The number of carbonyl (C=O) groups is 2. The zero-order valence-corrected chi connectivity index (χ0v) is 11.3. The Kier molecular flexibility index (Phi) is 3.70. The molecule has 2 N–H and O–H groups in total. The molecule has 0 radical (unpaired) electrons. The fourth-order valence-electron chi connectivity index (χ4n) is 1.92. The summed E-state index contributed by atoms with van der Waals surface area (Å²) in [5.41, 5.74) is 5.18. The van der Waals surface area contributed by atoms with Crippen molar-refractivity contribution in [3.8, 4) is 0 Å². The largest absolute Gasteiger partial charge is 0.351 e. The topological polar surface area (TPSA) is 81.2 Å². The van der Waals surface area contributed by atoms with E-state index in [4.69, 9.17) is 5.73 Å². The quantitative estimate of drug-likeness (QED) is 0.915. The summed E-state index contributed by atoms with van der Waals surface area (Å²) >= 11 is 0. The third-order valence-electron chi connectivity index (χ3n) is 2.82. The number of carbonyl (C=O) groups excluding carboxylic acids is 2. The van der Waals surface area contributed by atoms with Gasteiger partial charge in [-0.25, -0.2) is 18.5 Å². The number of hydrogen-bond donors (Lipinski definition) is 1. The maximum absolute atomic E-state index is 13.8. The molecule has 0 aliphatic carbocycles. The summed E-state index contributed by atoms with van der Waals surface area (Å²) in [6.45, 7) is 1.56. The lowest BCUT2D eigenvalue weighted by atomic mass is 10.2. The standard InChI is InChI=1S/C13H12F2N4O2/c1-7-9(6-18(2)17-7)12(20)19(13(16)21)11-4-3-8(14)5-10(11)15/h3-6H,1-2H3,(H2,16,21). The van der Waals surface area contributed by atoms with E-state index in [0.29, 0.717) is 16.7 Å². The third-order valence-corrected chi connectivity index (χ3v) is 2.82. The van der Waals surface area contributed by atoms with Gasteiger partial charge in [0.05, 0.1) is 16.9 Å². The minimum Gasteiger partial charge on any atom is -0.351 e. The van der Waals surface area contributed by atoms with E-state index >= 15 is 0 Å². The van der Waals surface area contributed by atoms with Gasteiger partial charge < -0.3 is 5.73 Å². The predicted octanol–water partition coefficient (Wildman–Crippen LogP) is 1.73. The molecule has 1 aromatic heterocycles. The Bertz CT molecular complexity index is 727. The normalized spacial score (nSPS) is 10.5. The molecule has 2 rings (SSSR count). The van der Waals surface area contributed by atoms with Crippen molar-refractivity contribution in [3.63, 3.8) is 0 Å². The Hall–Kier alpha value is -2.77. The molecule has 0 saturated carbocycles. The van der Waals surface area contributed by atoms with Crippen LogP contribution >= 0.6 is 0 Å². The van der Waals surface area contributed by atoms with E-state index in [1.54, 1.807) is 14.0 Å². The van der Waals surface area contributed by atoms with Crippen molar-refractivity contribution in [2.24, 2.45) is 12.8 Å². The van der Waals surface area contributed by atoms with Gasteiger partial charge in [-0.1, -0.05) is 0 Å². The number of amides is 3. The van der Waals surface area contributed by atoms with Crippen LogP contribution in [0.4, 0.5) is 19.3 Å². The number of rotatable bonds is 2. The molecule has 1 aromatic carbocycles. The van der Waals surface area contributed by atoms with Crippen LogP contribution < -0.4 is 10.6 Å². The number of imide groups is 1. The van der Waals surface area contributed by atoms with E-state index in [-0.39, 0.29) is 5.56 Å². The number of hydrogen-bond acceptors (Lipinski definition) is 3. The van der Waals surface area contributed by atoms with Gasteiger partial charge in [0, 0.05) is 19.3 Å². The molecule has 0 atom stereocenters. The lowest BCUT2D eigenvalue weighted by Gasteiger charge is -2.18. The second-order valence-corrected chi connectivity index (χ2v) is 4.38. The molecule has 110 valence electrons. The number of urea groups is 1. The van der Waals surface area contributed by atoms with E-state index in [0.717, 1.165) is 12.1 Å². The molecule has 0 spiro atoms. The van der Waals surface area contributed by atoms with Crippen molar-refractivity contribution in [1.29, 1.82) is 0 Å². The van der Waals surface area contributed by atoms with Crippen LogP contribution in [0.2, 0.25) is 0 Å².